The minimum Gasteiger partial charge on any atom is -0.348 e. The van der Waals surface area contributed by atoms with Crippen molar-refractivity contribution in [1.82, 2.24) is 9.80 Å². The number of hydrogen-bond acceptors (Lipinski definition) is 2. The molecule has 3 heteroatoms. The fourth-order valence-electron chi connectivity index (χ4n) is 1.94. The average molecular weight is 184 g/mol. The van der Waals surface area contributed by atoms with Crippen LogP contribution in [0.1, 0.15) is 20.8 Å². The van der Waals surface area contributed by atoms with Gasteiger partial charge < -0.3 is 4.90 Å². The zero-order valence-corrected chi connectivity index (χ0v) is 9.24. The van der Waals surface area contributed by atoms with Crippen LogP contribution in [0, 0.1) is 5.92 Å². The number of rotatable bonds is 2. The molecule has 13 heavy (non-hydrogen) atoms. The number of likely N-dealkylation sites (tertiary alicyclic amines) is 1. The van der Waals surface area contributed by atoms with Crippen LogP contribution < -0.4 is 0 Å². The van der Waals surface area contributed by atoms with E-state index in [-0.39, 0.29) is 11.8 Å². The molecule has 1 fully saturated rings. The van der Waals surface area contributed by atoms with Crippen molar-refractivity contribution in [3.63, 3.8) is 0 Å². The van der Waals surface area contributed by atoms with Crippen LogP contribution in [-0.2, 0) is 4.79 Å². The summed E-state index contributed by atoms with van der Waals surface area (Å²) in [6.45, 7) is 7.41. The Labute approximate surface area is 80.7 Å². The van der Waals surface area contributed by atoms with Gasteiger partial charge in [-0.3, -0.25) is 9.69 Å². The minimum atomic E-state index is 0.220. The van der Waals surface area contributed by atoms with Crippen LogP contribution in [-0.4, -0.2) is 48.4 Å². The lowest BCUT2D eigenvalue weighted by Gasteiger charge is -2.48. The maximum Gasteiger partial charge on any atom is 0.228 e. The van der Waals surface area contributed by atoms with Gasteiger partial charge in [-0.2, -0.15) is 0 Å². The first-order valence-corrected chi connectivity index (χ1v) is 4.92. The van der Waals surface area contributed by atoms with E-state index in [2.05, 4.69) is 25.7 Å². The van der Waals surface area contributed by atoms with Gasteiger partial charge >= 0.3 is 0 Å². The summed E-state index contributed by atoms with van der Waals surface area (Å²) in [7, 11) is 3.65. The summed E-state index contributed by atoms with van der Waals surface area (Å²) >= 11 is 0. The lowest BCUT2D eigenvalue weighted by molar-refractivity contribution is -0.143. The Hall–Kier alpha value is -0.570. The highest BCUT2D eigenvalue weighted by atomic mass is 16.2. The van der Waals surface area contributed by atoms with Crippen molar-refractivity contribution in [3.05, 3.63) is 0 Å². The molecule has 2 atom stereocenters. The first kappa shape index (κ1) is 10.5. The molecule has 2 unspecified atom stereocenters. The second-order valence-electron chi connectivity index (χ2n) is 4.37. The van der Waals surface area contributed by atoms with Gasteiger partial charge in [0.2, 0.25) is 5.91 Å². The molecule has 0 aromatic rings. The third kappa shape index (κ3) is 1.85. The molecule has 1 amide bonds. The molecule has 0 aromatic carbocycles. The van der Waals surface area contributed by atoms with Gasteiger partial charge in [0.15, 0.2) is 0 Å². The Morgan fingerprint density at radius 3 is 2.31 bits per heavy atom. The Morgan fingerprint density at radius 1 is 1.46 bits per heavy atom. The third-order valence-electron chi connectivity index (χ3n) is 2.93. The lowest BCUT2D eigenvalue weighted by Crippen LogP contribution is -2.61. The van der Waals surface area contributed by atoms with Gasteiger partial charge in [0.1, 0.15) is 0 Å². The Balaban J connectivity index is 2.48. The zero-order chi connectivity index (χ0) is 10.2. The van der Waals surface area contributed by atoms with Crippen molar-refractivity contribution in [2.45, 2.75) is 32.9 Å². The van der Waals surface area contributed by atoms with E-state index < -0.39 is 0 Å². The maximum atomic E-state index is 11.6. The van der Waals surface area contributed by atoms with Crippen LogP contribution in [0.5, 0.6) is 0 Å². The normalized spacial score (nSPS) is 28.8. The molecule has 0 aliphatic carbocycles. The molecule has 0 aromatic heterocycles. The molecule has 1 aliphatic heterocycles. The molecule has 1 aliphatic rings. The molecule has 1 rings (SSSR count). The van der Waals surface area contributed by atoms with Crippen molar-refractivity contribution >= 4 is 5.91 Å². The monoisotopic (exact) mass is 184 g/mol. The molecule has 0 radical (unpaired) electrons. The summed E-state index contributed by atoms with van der Waals surface area (Å²) in [5.41, 5.74) is 0. The summed E-state index contributed by atoms with van der Waals surface area (Å²) < 4.78 is 0. The second-order valence-corrected chi connectivity index (χ2v) is 4.37. The van der Waals surface area contributed by atoms with Gasteiger partial charge in [-0.15, -0.1) is 0 Å². The predicted octanol–water partition coefficient (Wildman–Crippen LogP) is 0.803. The first-order chi connectivity index (χ1) is 5.95. The predicted molar refractivity (Wildman–Crippen MR) is 53.5 cm³/mol. The smallest absolute Gasteiger partial charge is 0.228 e. The Bertz CT molecular complexity index is 201. The largest absolute Gasteiger partial charge is 0.348 e. The number of nitrogens with zero attached hydrogens (tertiary/aromatic N) is 2. The zero-order valence-electron chi connectivity index (χ0n) is 9.24. The van der Waals surface area contributed by atoms with Crippen molar-refractivity contribution in [1.29, 1.82) is 0 Å². The number of hydrogen-bond donors (Lipinski definition) is 0. The fraction of sp³-hybridized carbons (Fsp3) is 0.900. The van der Waals surface area contributed by atoms with Crippen LogP contribution >= 0.6 is 0 Å². The fourth-order valence-corrected chi connectivity index (χ4v) is 1.94. The van der Waals surface area contributed by atoms with Gasteiger partial charge in [0.25, 0.3) is 0 Å². The number of carbonyl (C=O) groups is 1. The average Bonchev–Trinajstić information content (AvgIpc) is 2.00. The summed E-state index contributed by atoms with van der Waals surface area (Å²) in [6, 6.07) is 0.969. The van der Waals surface area contributed by atoms with Crippen LogP contribution in [0.4, 0.5) is 0 Å². The maximum absolute atomic E-state index is 11.6. The van der Waals surface area contributed by atoms with Crippen LogP contribution in [0.25, 0.3) is 0 Å². The molecule has 0 bridgehead atoms. The van der Waals surface area contributed by atoms with Crippen molar-refractivity contribution in [2.75, 3.05) is 20.6 Å². The Kier molecular flexibility index (Phi) is 2.96. The van der Waals surface area contributed by atoms with Crippen LogP contribution in [0.2, 0.25) is 0 Å². The van der Waals surface area contributed by atoms with E-state index in [1.165, 1.54) is 0 Å². The van der Waals surface area contributed by atoms with Gasteiger partial charge in [-0.1, -0.05) is 0 Å². The second kappa shape index (κ2) is 3.66. The van der Waals surface area contributed by atoms with E-state index in [0.29, 0.717) is 12.1 Å². The summed E-state index contributed by atoms with van der Waals surface area (Å²) in [5.74, 6) is 0.488. The highest BCUT2D eigenvalue weighted by Crippen LogP contribution is 2.27. The number of carbonyl (C=O) groups excluding carboxylic acids is 1. The van der Waals surface area contributed by atoms with E-state index in [1.54, 1.807) is 4.90 Å². The minimum absolute atomic E-state index is 0.220. The topological polar surface area (TPSA) is 23.6 Å². The summed E-state index contributed by atoms with van der Waals surface area (Å²) in [5, 5.41) is 0. The van der Waals surface area contributed by atoms with Crippen molar-refractivity contribution in [2.24, 2.45) is 5.92 Å². The lowest BCUT2D eigenvalue weighted by atomic mass is 9.87. The van der Waals surface area contributed by atoms with E-state index >= 15 is 0 Å². The van der Waals surface area contributed by atoms with Gasteiger partial charge in [-0.25, -0.2) is 0 Å². The van der Waals surface area contributed by atoms with Crippen LogP contribution in [0.3, 0.4) is 0 Å². The molecule has 76 valence electrons. The molecule has 3 nitrogen and oxygen atoms in total. The van der Waals surface area contributed by atoms with Crippen molar-refractivity contribution in [3.8, 4) is 0 Å². The molecular weight excluding hydrogens is 164 g/mol. The van der Waals surface area contributed by atoms with E-state index in [4.69, 9.17) is 0 Å². The van der Waals surface area contributed by atoms with Gasteiger partial charge in [0.05, 0.1) is 5.92 Å². The first-order valence-electron chi connectivity index (χ1n) is 4.92. The highest BCUT2D eigenvalue weighted by molar-refractivity contribution is 5.80. The van der Waals surface area contributed by atoms with E-state index in [0.717, 1.165) is 6.54 Å². The quantitative estimate of drug-likeness (QED) is 0.634. The van der Waals surface area contributed by atoms with Crippen LogP contribution in [0.15, 0.2) is 0 Å². The number of amides is 1. The molecule has 0 spiro atoms. The summed E-state index contributed by atoms with van der Waals surface area (Å²) in [6.07, 6.45) is 0. The van der Waals surface area contributed by atoms with E-state index in [9.17, 15) is 4.79 Å². The highest BCUT2D eigenvalue weighted by Gasteiger charge is 2.41. The van der Waals surface area contributed by atoms with Gasteiger partial charge in [0, 0.05) is 32.7 Å². The molecule has 1 heterocycles. The molecule has 0 N–H and O–H groups in total. The Morgan fingerprint density at radius 2 is 2.00 bits per heavy atom. The van der Waals surface area contributed by atoms with E-state index in [1.807, 2.05) is 14.1 Å². The standard InChI is InChI=1S/C10H20N2O/c1-7(2)12-6-9(8(12)3)10(13)11(4)5/h7-9H,6H2,1-5H3. The third-order valence-corrected chi connectivity index (χ3v) is 2.93. The molecular formula is C10H20N2O. The summed E-state index contributed by atoms with van der Waals surface area (Å²) in [4.78, 5) is 15.6. The van der Waals surface area contributed by atoms with Gasteiger partial charge in [-0.05, 0) is 20.8 Å². The van der Waals surface area contributed by atoms with Crippen molar-refractivity contribution < 1.29 is 4.79 Å². The SMILES string of the molecule is CC(C)N1CC(C(=O)N(C)C)C1C. The molecule has 1 saturated heterocycles. The molecule has 0 saturated carbocycles.